The molecule has 0 aliphatic carbocycles. The molecule has 34 heavy (non-hydrogen) atoms. The molecule has 8 heteroatoms. The van der Waals surface area contributed by atoms with Gasteiger partial charge in [0.2, 0.25) is 5.91 Å². The number of rotatable bonds is 10. The van der Waals surface area contributed by atoms with Gasteiger partial charge in [-0.1, -0.05) is 43.3 Å². The number of carbonyl (C=O) groups is 1. The van der Waals surface area contributed by atoms with Gasteiger partial charge in [0.15, 0.2) is 0 Å². The highest BCUT2D eigenvalue weighted by Gasteiger charge is 2.29. The van der Waals surface area contributed by atoms with Crippen LogP contribution in [0.3, 0.4) is 0 Å². The molecule has 0 saturated carbocycles. The van der Waals surface area contributed by atoms with E-state index in [1.165, 1.54) is 0 Å². The van der Waals surface area contributed by atoms with Crippen LogP contribution in [0.4, 0.5) is 5.69 Å². The van der Waals surface area contributed by atoms with E-state index in [9.17, 15) is 9.90 Å². The molecule has 1 amide bonds. The normalized spacial score (nSPS) is 16.8. The largest absolute Gasteiger partial charge is 0.374 e. The van der Waals surface area contributed by atoms with Crippen molar-refractivity contribution >= 4 is 11.6 Å². The number of aliphatic hydroxyl groups excluding tert-OH is 1. The fourth-order valence-electron chi connectivity index (χ4n) is 4.38. The number of nitrogens with zero attached hydrogens (tertiary/aromatic N) is 3. The minimum absolute atomic E-state index is 0.0952. The molecule has 3 aromatic rings. The summed E-state index contributed by atoms with van der Waals surface area (Å²) in [6.07, 6.45) is 4.12. The number of nitrogens with one attached hydrogen (secondary N) is 2. The number of amides is 1. The monoisotopic (exact) mass is 462 g/mol. The number of H-pyrrole nitrogens is 1. The number of benzene rings is 2. The predicted molar refractivity (Wildman–Crippen MR) is 132 cm³/mol. The second kappa shape index (κ2) is 11.3. The molecule has 4 rings (SSSR count). The van der Waals surface area contributed by atoms with E-state index in [2.05, 4.69) is 27.4 Å². The zero-order valence-corrected chi connectivity index (χ0v) is 19.7. The molecule has 0 unspecified atom stereocenters. The van der Waals surface area contributed by atoms with Crippen LogP contribution in [0.15, 0.2) is 60.9 Å². The van der Waals surface area contributed by atoms with E-state index in [1.54, 1.807) is 12.4 Å². The van der Waals surface area contributed by atoms with Crippen molar-refractivity contribution in [3.05, 3.63) is 83.4 Å². The van der Waals surface area contributed by atoms with Crippen molar-refractivity contribution in [1.82, 2.24) is 19.8 Å². The first-order valence-corrected chi connectivity index (χ1v) is 11.9. The zero-order valence-electron chi connectivity index (χ0n) is 19.7. The van der Waals surface area contributed by atoms with Crippen LogP contribution in [0.1, 0.15) is 48.5 Å². The van der Waals surface area contributed by atoms with E-state index >= 15 is 0 Å². The van der Waals surface area contributed by atoms with Crippen LogP contribution >= 0.6 is 0 Å². The number of hydrogen-bond acceptors (Lipinski definition) is 6. The van der Waals surface area contributed by atoms with Gasteiger partial charge in [-0.2, -0.15) is 0 Å². The van der Waals surface area contributed by atoms with Crippen LogP contribution in [0.2, 0.25) is 0 Å². The van der Waals surface area contributed by atoms with Crippen molar-refractivity contribution in [3.63, 3.8) is 0 Å². The number of aliphatic hydroxyl groups is 1. The first-order valence-electron chi connectivity index (χ1n) is 11.9. The maximum atomic E-state index is 13.0. The maximum Gasteiger partial charge on any atom is 0.245 e. The molecule has 2 atom stereocenters. The second-order valence-corrected chi connectivity index (χ2v) is 8.72. The molecular formula is C26H34N6O2. The number of hydrogen-bond donors (Lipinski definition) is 4. The molecule has 5 N–H and O–H groups in total. The second-order valence-electron chi connectivity index (χ2n) is 8.72. The van der Waals surface area contributed by atoms with E-state index < -0.39 is 6.23 Å². The third kappa shape index (κ3) is 5.64. The fourth-order valence-corrected chi connectivity index (χ4v) is 4.38. The van der Waals surface area contributed by atoms with Crippen molar-refractivity contribution in [2.75, 3.05) is 18.4 Å². The minimum Gasteiger partial charge on any atom is -0.374 e. The third-order valence-electron chi connectivity index (χ3n) is 6.25. The molecule has 8 nitrogen and oxygen atoms in total. The standard InChI is InChI=1S/C26H34N6O2/c1-2-22-26(34)31(14-6-11-27)17-21-15-20(9-10-23(21)30-22)25(33)32(18-24-28-12-13-29-24)16-19-7-4-3-5-8-19/h3-5,7-10,12-13,15,22,25,30,33H,2,6,11,14,16-18,27H2,1H3,(H,28,29)/t22-,25-/m0/s1. The van der Waals surface area contributed by atoms with Gasteiger partial charge in [-0.15, -0.1) is 0 Å². The Morgan fingerprint density at radius 2 is 2.06 bits per heavy atom. The van der Waals surface area contributed by atoms with Crippen molar-refractivity contribution in [1.29, 1.82) is 0 Å². The molecule has 1 aromatic heterocycles. The van der Waals surface area contributed by atoms with Gasteiger partial charge in [0, 0.05) is 37.7 Å². The lowest BCUT2D eigenvalue weighted by molar-refractivity contribution is -0.132. The summed E-state index contributed by atoms with van der Waals surface area (Å²) >= 11 is 0. The molecule has 180 valence electrons. The average molecular weight is 463 g/mol. The molecule has 2 heterocycles. The predicted octanol–water partition coefficient (Wildman–Crippen LogP) is 2.98. The molecule has 2 aromatic carbocycles. The quantitative estimate of drug-likeness (QED) is 0.345. The van der Waals surface area contributed by atoms with Crippen LogP contribution < -0.4 is 11.1 Å². The van der Waals surface area contributed by atoms with Crippen LogP contribution in [0, 0.1) is 0 Å². The number of nitrogens with two attached hydrogens (primary N) is 1. The first-order chi connectivity index (χ1) is 16.6. The van der Waals surface area contributed by atoms with Gasteiger partial charge in [-0.3, -0.25) is 9.69 Å². The molecular weight excluding hydrogens is 428 g/mol. The Labute approximate surface area is 200 Å². The number of imidazole rings is 1. The van der Waals surface area contributed by atoms with Gasteiger partial charge in [0.1, 0.15) is 18.1 Å². The van der Waals surface area contributed by atoms with Gasteiger partial charge in [0.05, 0.1) is 6.54 Å². The van der Waals surface area contributed by atoms with E-state index in [1.807, 2.05) is 53.1 Å². The summed E-state index contributed by atoms with van der Waals surface area (Å²) in [5.74, 6) is 0.883. The Kier molecular flexibility index (Phi) is 7.95. The van der Waals surface area contributed by atoms with Crippen molar-refractivity contribution in [2.45, 2.75) is 51.7 Å². The smallest absolute Gasteiger partial charge is 0.245 e. The van der Waals surface area contributed by atoms with Crippen LogP contribution in [-0.2, 0) is 24.4 Å². The number of fused-ring (bicyclic) bond motifs is 1. The Bertz CT molecular complexity index is 1060. The van der Waals surface area contributed by atoms with Gasteiger partial charge in [-0.05, 0) is 48.2 Å². The lowest BCUT2D eigenvalue weighted by atomic mass is 10.1. The Morgan fingerprint density at radius 1 is 1.24 bits per heavy atom. The summed E-state index contributed by atoms with van der Waals surface area (Å²) in [5.41, 5.74) is 9.53. The number of aromatic amines is 1. The van der Waals surface area contributed by atoms with Gasteiger partial charge in [-0.25, -0.2) is 4.98 Å². The first kappa shape index (κ1) is 23.9. The summed E-state index contributed by atoms with van der Waals surface area (Å²) in [7, 11) is 0. The summed E-state index contributed by atoms with van der Waals surface area (Å²) < 4.78 is 0. The highest BCUT2D eigenvalue weighted by atomic mass is 16.3. The van der Waals surface area contributed by atoms with Gasteiger partial charge in [0.25, 0.3) is 0 Å². The molecule has 0 radical (unpaired) electrons. The molecule has 1 aliphatic rings. The van der Waals surface area contributed by atoms with Gasteiger partial charge < -0.3 is 26.0 Å². The molecule has 0 spiro atoms. The Morgan fingerprint density at radius 3 is 2.76 bits per heavy atom. The molecule has 0 bridgehead atoms. The highest BCUT2D eigenvalue weighted by molar-refractivity contribution is 5.86. The van der Waals surface area contributed by atoms with Crippen LogP contribution in [0.25, 0.3) is 0 Å². The molecule has 0 fully saturated rings. The van der Waals surface area contributed by atoms with Crippen molar-refractivity contribution < 1.29 is 9.90 Å². The minimum atomic E-state index is -0.839. The van der Waals surface area contributed by atoms with Crippen molar-refractivity contribution in [3.8, 4) is 0 Å². The number of aromatic nitrogens is 2. The van der Waals surface area contributed by atoms with E-state index in [0.29, 0.717) is 39.1 Å². The molecule has 1 aliphatic heterocycles. The van der Waals surface area contributed by atoms with E-state index in [0.717, 1.165) is 34.6 Å². The Hall–Kier alpha value is -3.20. The summed E-state index contributed by atoms with van der Waals surface area (Å²) in [6.45, 7) is 4.71. The number of anilines is 1. The highest BCUT2D eigenvalue weighted by Crippen LogP contribution is 2.30. The summed E-state index contributed by atoms with van der Waals surface area (Å²) in [4.78, 5) is 24.3. The molecule has 0 saturated heterocycles. The fraction of sp³-hybridized carbons (Fsp3) is 0.385. The van der Waals surface area contributed by atoms with Gasteiger partial charge >= 0.3 is 0 Å². The lowest BCUT2D eigenvalue weighted by Crippen LogP contribution is -2.40. The van der Waals surface area contributed by atoms with E-state index in [4.69, 9.17) is 5.73 Å². The SMILES string of the molecule is CC[C@@H]1Nc2ccc([C@H](O)N(Cc3ccccc3)Cc3ncc[nH]3)cc2CN(CCCN)C1=O. The van der Waals surface area contributed by atoms with Crippen LogP contribution in [-0.4, -0.2) is 49.9 Å². The summed E-state index contributed by atoms with van der Waals surface area (Å²) in [5, 5.41) is 14.8. The number of carbonyl (C=O) groups excluding carboxylic acids is 1. The maximum absolute atomic E-state index is 13.0. The van der Waals surface area contributed by atoms with Crippen LogP contribution in [0.5, 0.6) is 0 Å². The Balaban J connectivity index is 1.61. The zero-order chi connectivity index (χ0) is 23.9. The summed E-state index contributed by atoms with van der Waals surface area (Å²) in [6, 6.07) is 15.7. The van der Waals surface area contributed by atoms with Crippen molar-refractivity contribution in [2.24, 2.45) is 5.73 Å². The van der Waals surface area contributed by atoms with E-state index in [-0.39, 0.29) is 11.9 Å². The topological polar surface area (TPSA) is 111 Å². The average Bonchev–Trinajstić information content (AvgIpc) is 3.33. The lowest BCUT2D eigenvalue weighted by Gasteiger charge is -2.28. The third-order valence-corrected chi connectivity index (χ3v) is 6.25.